The normalized spacial score (nSPS) is 28.8. The van der Waals surface area contributed by atoms with E-state index in [0.29, 0.717) is 17.7 Å². The highest BCUT2D eigenvalue weighted by Gasteiger charge is 2.54. The summed E-state index contributed by atoms with van der Waals surface area (Å²) in [6, 6.07) is 0. The SMILES string of the molecule is CC(C)SCCN1C(=O)CNC(=O)C1(C)C1CC1. The Labute approximate surface area is 113 Å². The number of rotatable bonds is 5. The van der Waals surface area contributed by atoms with Gasteiger partial charge in [-0.3, -0.25) is 9.59 Å². The van der Waals surface area contributed by atoms with Crippen molar-refractivity contribution in [3.8, 4) is 0 Å². The van der Waals surface area contributed by atoms with E-state index in [1.165, 1.54) is 0 Å². The molecule has 0 radical (unpaired) electrons. The number of amides is 2. The first kappa shape index (κ1) is 13.7. The molecule has 5 heteroatoms. The first-order chi connectivity index (χ1) is 8.46. The van der Waals surface area contributed by atoms with Gasteiger partial charge in [0.05, 0.1) is 6.54 Å². The number of nitrogens with zero attached hydrogens (tertiary/aromatic N) is 1. The molecule has 1 unspecified atom stereocenters. The number of thioether (sulfide) groups is 1. The van der Waals surface area contributed by atoms with E-state index in [-0.39, 0.29) is 18.4 Å². The Balaban J connectivity index is 2.06. The molecular formula is C13H22N2O2S. The first-order valence-corrected chi connectivity index (χ1v) is 7.71. The fraction of sp³-hybridized carbons (Fsp3) is 0.846. The Kier molecular flexibility index (Phi) is 3.90. The molecule has 4 nitrogen and oxygen atoms in total. The average Bonchev–Trinajstić information content (AvgIpc) is 3.12. The van der Waals surface area contributed by atoms with Gasteiger partial charge in [0.2, 0.25) is 11.8 Å². The van der Waals surface area contributed by atoms with E-state index in [1.54, 1.807) is 0 Å². The third kappa shape index (κ3) is 2.51. The van der Waals surface area contributed by atoms with Crippen LogP contribution in [0.5, 0.6) is 0 Å². The van der Waals surface area contributed by atoms with Crippen LogP contribution in [0.2, 0.25) is 0 Å². The molecule has 1 atom stereocenters. The van der Waals surface area contributed by atoms with Gasteiger partial charge in [-0.15, -0.1) is 0 Å². The van der Waals surface area contributed by atoms with Gasteiger partial charge in [-0.25, -0.2) is 0 Å². The van der Waals surface area contributed by atoms with Crippen LogP contribution in [0.4, 0.5) is 0 Å². The molecule has 1 aliphatic heterocycles. The quantitative estimate of drug-likeness (QED) is 0.818. The number of carbonyl (C=O) groups excluding carboxylic acids is 2. The van der Waals surface area contributed by atoms with E-state index in [1.807, 2.05) is 23.6 Å². The second-order valence-corrected chi connectivity index (χ2v) is 7.25. The van der Waals surface area contributed by atoms with Crippen molar-refractivity contribution in [3.05, 3.63) is 0 Å². The van der Waals surface area contributed by atoms with Crippen LogP contribution < -0.4 is 5.32 Å². The highest BCUT2D eigenvalue weighted by atomic mass is 32.2. The molecule has 0 aromatic rings. The molecule has 102 valence electrons. The Bertz CT molecular complexity index is 355. The van der Waals surface area contributed by atoms with E-state index in [0.717, 1.165) is 18.6 Å². The molecule has 2 amide bonds. The van der Waals surface area contributed by atoms with E-state index in [2.05, 4.69) is 19.2 Å². The van der Waals surface area contributed by atoms with Crippen LogP contribution in [0.25, 0.3) is 0 Å². The predicted molar refractivity (Wildman–Crippen MR) is 73.4 cm³/mol. The fourth-order valence-electron chi connectivity index (χ4n) is 2.60. The molecule has 18 heavy (non-hydrogen) atoms. The van der Waals surface area contributed by atoms with Crippen molar-refractivity contribution in [2.75, 3.05) is 18.8 Å². The molecule has 2 aliphatic rings. The van der Waals surface area contributed by atoms with Crippen LogP contribution >= 0.6 is 11.8 Å². The van der Waals surface area contributed by atoms with Gasteiger partial charge in [-0.2, -0.15) is 11.8 Å². The van der Waals surface area contributed by atoms with Crippen molar-refractivity contribution in [1.82, 2.24) is 10.2 Å². The fourth-order valence-corrected chi connectivity index (χ4v) is 3.36. The highest BCUT2D eigenvalue weighted by Crippen LogP contribution is 2.44. The van der Waals surface area contributed by atoms with Crippen LogP contribution in [0.15, 0.2) is 0 Å². The lowest BCUT2D eigenvalue weighted by molar-refractivity contribution is -0.153. The van der Waals surface area contributed by atoms with Crippen molar-refractivity contribution in [1.29, 1.82) is 0 Å². The Morgan fingerprint density at radius 1 is 1.44 bits per heavy atom. The summed E-state index contributed by atoms with van der Waals surface area (Å²) in [4.78, 5) is 26.0. The molecule has 0 bridgehead atoms. The number of piperazine rings is 1. The maximum atomic E-state index is 12.1. The summed E-state index contributed by atoms with van der Waals surface area (Å²) >= 11 is 1.84. The molecule has 0 spiro atoms. The first-order valence-electron chi connectivity index (χ1n) is 6.66. The summed E-state index contributed by atoms with van der Waals surface area (Å²) in [5.41, 5.74) is -0.604. The topological polar surface area (TPSA) is 49.4 Å². The van der Waals surface area contributed by atoms with Crippen LogP contribution in [0.3, 0.4) is 0 Å². The largest absolute Gasteiger partial charge is 0.345 e. The molecule has 1 aliphatic carbocycles. The van der Waals surface area contributed by atoms with Crippen molar-refractivity contribution in [2.45, 2.75) is 44.4 Å². The summed E-state index contributed by atoms with van der Waals surface area (Å²) in [5.74, 6) is 1.34. The molecular weight excluding hydrogens is 248 g/mol. The molecule has 0 aromatic carbocycles. The van der Waals surface area contributed by atoms with Crippen molar-refractivity contribution >= 4 is 23.6 Å². The molecule has 1 saturated carbocycles. The molecule has 1 saturated heterocycles. The van der Waals surface area contributed by atoms with Crippen molar-refractivity contribution in [3.63, 3.8) is 0 Å². The van der Waals surface area contributed by atoms with Gasteiger partial charge in [-0.1, -0.05) is 13.8 Å². The van der Waals surface area contributed by atoms with Crippen LogP contribution in [0, 0.1) is 5.92 Å². The third-order valence-corrected chi connectivity index (χ3v) is 4.94. The summed E-state index contributed by atoms with van der Waals surface area (Å²) in [7, 11) is 0. The van der Waals surface area contributed by atoms with E-state index < -0.39 is 5.54 Å². The Morgan fingerprint density at radius 3 is 2.67 bits per heavy atom. The number of carbonyl (C=O) groups is 2. The van der Waals surface area contributed by atoms with Gasteiger partial charge in [0.1, 0.15) is 5.54 Å². The molecule has 0 aromatic heterocycles. The zero-order valence-electron chi connectivity index (χ0n) is 11.4. The van der Waals surface area contributed by atoms with Gasteiger partial charge >= 0.3 is 0 Å². The van der Waals surface area contributed by atoms with Crippen molar-refractivity contribution in [2.24, 2.45) is 5.92 Å². The zero-order valence-corrected chi connectivity index (χ0v) is 12.2. The van der Waals surface area contributed by atoms with Crippen LogP contribution in [-0.2, 0) is 9.59 Å². The third-order valence-electron chi connectivity index (χ3n) is 3.86. The van der Waals surface area contributed by atoms with Gasteiger partial charge in [0.25, 0.3) is 0 Å². The summed E-state index contributed by atoms with van der Waals surface area (Å²) in [6.07, 6.45) is 2.12. The second kappa shape index (κ2) is 5.11. The lowest BCUT2D eigenvalue weighted by Gasteiger charge is -2.44. The van der Waals surface area contributed by atoms with Crippen molar-refractivity contribution < 1.29 is 9.59 Å². The standard InChI is InChI=1S/C13H22N2O2S/c1-9(2)18-7-6-15-11(16)8-14-12(17)13(15,3)10-4-5-10/h9-10H,4-8H2,1-3H3,(H,14,17). The summed E-state index contributed by atoms with van der Waals surface area (Å²) in [6.45, 7) is 7.07. The number of hydrogen-bond acceptors (Lipinski definition) is 3. The maximum absolute atomic E-state index is 12.1. The highest BCUT2D eigenvalue weighted by molar-refractivity contribution is 7.99. The minimum absolute atomic E-state index is 0.0270. The predicted octanol–water partition coefficient (Wildman–Crippen LogP) is 1.26. The number of nitrogens with one attached hydrogen (secondary N) is 1. The van der Waals surface area contributed by atoms with E-state index >= 15 is 0 Å². The lowest BCUT2D eigenvalue weighted by atomic mass is 9.90. The minimum atomic E-state index is -0.604. The Morgan fingerprint density at radius 2 is 2.11 bits per heavy atom. The van der Waals surface area contributed by atoms with Crippen LogP contribution in [0.1, 0.15) is 33.6 Å². The van der Waals surface area contributed by atoms with Crippen LogP contribution in [-0.4, -0.2) is 46.3 Å². The smallest absolute Gasteiger partial charge is 0.246 e. The molecule has 2 rings (SSSR count). The van der Waals surface area contributed by atoms with Gasteiger partial charge in [0.15, 0.2) is 0 Å². The Hall–Kier alpha value is -0.710. The average molecular weight is 270 g/mol. The monoisotopic (exact) mass is 270 g/mol. The molecule has 1 N–H and O–H groups in total. The summed E-state index contributed by atoms with van der Waals surface area (Å²) < 4.78 is 0. The minimum Gasteiger partial charge on any atom is -0.345 e. The zero-order chi connectivity index (χ0) is 13.3. The van der Waals surface area contributed by atoms with E-state index in [4.69, 9.17) is 0 Å². The van der Waals surface area contributed by atoms with E-state index in [9.17, 15) is 9.59 Å². The van der Waals surface area contributed by atoms with Gasteiger partial charge < -0.3 is 10.2 Å². The van der Waals surface area contributed by atoms with Gasteiger partial charge in [0, 0.05) is 12.3 Å². The second-order valence-electron chi connectivity index (χ2n) is 5.57. The number of hydrogen-bond donors (Lipinski definition) is 1. The lowest BCUT2D eigenvalue weighted by Crippen LogP contribution is -2.67. The molecule has 1 heterocycles. The van der Waals surface area contributed by atoms with Gasteiger partial charge in [-0.05, 0) is 30.9 Å². The molecule has 2 fully saturated rings. The summed E-state index contributed by atoms with van der Waals surface area (Å²) in [5, 5.41) is 3.30. The maximum Gasteiger partial charge on any atom is 0.246 e.